The van der Waals surface area contributed by atoms with Crippen molar-refractivity contribution in [2.75, 3.05) is 5.32 Å². The molecule has 0 aliphatic rings. The van der Waals surface area contributed by atoms with Crippen LogP contribution < -0.4 is 5.32 Å². The van der Waals surface area contributed by atoms with Crippen molar-refractivity contribution in [1.29, 1.82) is 0 Å². The van der Waals surface area contributed by atoms with Gasteiger partial charge in [0, 0.05) is 17.6 Å². The van der Waals surface area contributed by atoms with Crippen molar-refractivity contribution < 1.29 is 0 Å². The van der Waals surface area contributed by atoms with Gasteiger partial charge < -0.3 is 5.32 Å². The predicted octanol–water partition coefficient (Wildman–Crippen LogP) is 3.45. The predicted molar refractivity (Wildman–Crippen MR) is 78.1 cm³/mol. The van der Waals surface area contributed by atoms with Crippen LogP contribution in [0.4, 0.5) is 5.82 Å². The first-order valence-electron chi connectivity index (χ1n) is 6.38. The molecular weight excluding hydrogens is 236 g/mol. The van der Waals surface area contributed by atoms with Gasteiger partial charge in [-0.3, -0.25) is 5.10 Å². The van der Waals surface area contributed by atoms with Gasteiger partial charge in [0.25, 0.3) is 0 Å². The van der Waals surface area contributed by atoms with E-state index in [1.807, 2.05) is 24.5 Å². The van der Waals surface area contributed by atoms with Crippen LogP contribution in [0.5, 0.6) is 0 Å². The van der Waals surface area contributed by atoms with Gasteiger partial charge in [-0.05, 0) is 49.2 Å². The first-order valence-corrected chi connectivity index (χ1v) is 6.38. The van der Waals surface area contributed by atoms with E-state index in [0.717, 1.165) is 22.3 Å². The van der Waals surface area contributed by atoms with E-state index in [-0.39, 0.29) is 0 Å². The Hall–Kier alpha value is -2.36. The topological polar surface area (TPSA) is 53.6 Å². The van der Waals surface area contributed by atoms with E-state index >= 15 is 0 Å². The lowest BCUT2D eigenvalue weighted by molar-refractivity contribution is 0.889. The number of benzene rings is 1. The number of nitrogens with one attached hydrogen (secondary N) is 2. The summed E-state index contributed by atoms with van der Waals surface area (Å²) in [5, 5.41) is 11.4. The van der Waals surface area contributed by atoms with Crippen LogP contribution in [0.3, 0.4) is 0 Å². The zero-order valence-corrected chi connectivity index (χ0v) is 11.0. The summed E-state index contributed by atoms with van der Waals surface area (Å²) in [4.78, 5) is 4.33. The van der Waals surface area contributed by atoms with Crippen molar-refractivity contribution in [3.8, 4) is 11.1 Å². The normalized spacial score (nSPS) is 11.1. The Morgan fingerprint density at radius 3 is 2.79 bits per heavy atom. The molecule has 1 aromatic carbocycles. The fraction of sp³-hybridized carbons (Fsp3) is 0.200. The molecule has 0 unspecified atom stereocenters. The number of rotatable bonds is 3. The van der Waals surface area contributed by atoms with Crippen molar-refractivity contribution >= 4 is 16.7 Å². The molecule has 0 atom stereocenters. The highest BCUT2D eigenvalue weighted by Gasteiger charge is 2.03. The second kappa shape index (κ2) is 4.72. The van der Waals surface area contributed by atoms with E-state index < -0.39 is 0 Å². The lowest BCUT2D eigenvalue weighted by Gasteiger charge is -2.10. The molecule has 0 saturated heterocycles. The minimum Gasteiger partial charge on any atom is -0.368 e. The van der Waals surface area contributed by atoms with E-state index in [1.165, 1.54) is 5.56 Å². The van der Waals surface area contributed by atoms with Crippen LogP contribution in [-0.4, -0.2) is 21.2 Å². The van der Waals surface area contributed by atoms with Gasteiger partial charge in [-0.2, -0.15) is 5.10 Å². The van der Waals surface area contributed by atoms with Crippen LogP contribution in [-0.2, 0) is 0 Å². The third-order valence-corrected chi connectivity index (χ3v) is 2.97. The third kappa shape index (κ3) is 2.42. The average Bonchev–Trinajstić information content (AvgIpc) is 2.85. The second-order valence-corrected chi connectivity index (χ2v) is 4.90. The third-order valence-electron chi connectivity index (χ3n) is 2.97. The van der Waals surface area contributed by atoms with Gasteiger partial charge in [0.05, 0.1) is 11.7 Å². The zero-order chi connectivity index (χ0) is 13.2. The molecule has 0 bridgehead atoms. The van der Waals surface area contributed by atoms with Crippen LogP contribution in [0.15, 0.2) is 42.7 Å². The molecule has 4 heteroatoms. The molecule has 96 valence electrons. The maximum Gasteiger partial charge on any atom is 0.126 e. The molecule has 0 saturated carbocycles. The highest BCUT2D eigenvalue weighted by Crippen LogP contribution is 2.24. The zero-order valence-electron chi connectivity index (χ0n) is 11.0. The molecule has 0 aliphatic heterocycles. The van der Waals surface area contributed by atoms with E-state index in [4.69, 9.17) is 0 Å². The molecule has 3 aromatic rings. The highest BCUT2D eigenvalue weighted by molar-refractivity contribution is 5.84. The molecular formula is C15H16N4. The number of fused-ring (bicyclic) bond motifs is 1. The van der Waals surface area contributed by atoms with Crippen molar-refractivity contribution in [2.45, 2.75) is 19.9 Å². The average molecular weight is 252 g/mol. The number of aromatic nitrogens is 3. The first-order chi connectivity index (χ1) is 9.22. The van der Waals surface area contributed by atoms with Gasteiger partial charge in [0.2, 0.25) is 0 Å². The summed E-state index contributed by atoms with van der Waals surface area (Å²) >= 11 is 0. The Morgan fingerprint density at radius 2 is 1.95 bits per heavy atom. The van der Waals surface area contributed by atoms with E-state index in [1.54, 1.807) is 0 Å². The fourth-order valence-electron chi connectivity index (χ4n) is 2.11. The van der Waals surface area contributed by atoms with Crippen molar-refractivity contribution in [3.05, 3.63) is 42.7 Å². The number of H-pyrrole nitrogens is 1. The number of nitrogens with zero attached hydrogens (tertiary/aromatic N) is 2. The van der Waals surface area contributed by atoms with Crippen molar-refractivity contribution in [2.24, 2.45) is 0 Å². The molecule has 19 heavy (non-hydrogen) atoms. The van der Waals surface area contributed by atoms with E-state index in [2.05, 4.69) is 52.5 Å². The number of anilines is 1. The van der Waals surface area contributed by atoms with Crippen molar-refractivity contribution in [1.82, 2.24) is 15.2 Å². The molecule has 4 nitrogen and oxygen atoms in total. The van der Waals surface area contributed by atoms with Crippen LogP contribution in [0.1, 0.15) is 13.8 Å². The lowest BCUT2D eigenvalue weighted by Crippen LogP contribution is -2.10. The van der Waals surface area contributed by atoms with Crippen LogP contribution in [0, 0.1) is 0 Å². The summed E-state index contributed by atoms with van der Waals surface area (Å²) in [6.07, 6.45) is 3.67. The Labute approximate surface area is 111 Å². The minimum absolute atomic E-state index is 0.374. The van der Waals surface area contributed by atoms with Gasteiger partial charge in [-0.15, -0.1) is 0 Å². The smallest absolute Gasteiger partial charge is 0.126 e. The van der Waals surface area contributed by atoms with Crippen LogP contribution in [0.25, 0.3) is 22.0 Å². The summed E-state index contributed by atoms with van der Waals surface area (Å²) in [6.45, 7) is 4.21. The van der Waals surface area contributed by atoms with Crippen molar-refractivity contribution in [3.63, 3.8) is 0 Å². The van der Waals surface area contributed by atoms with Crippen LogP contribution in [0.2, 0.25) is 0 Å². The Balaban J connectivity index is 2.00. The molecule has 0 aliphatic carbocycles. The van der Waals surface area contributed by atoms with Crippen LogP contribution >= 0.6 is 0 Å². The number of pyridine rings is 1. The summed E-state index contributed by atoms with van der Waals surface area (Å²) in [7, 11) is 0. The maximum absolute atomic E-state index is 4.33. The molecule has 0 spiro atoms. The van der Waals surface area contributed by atoms with E-state index in [0.29, 0.717) is 6.04 Å². The molecule has 2 heterocycles. The summed E-state index contributed by atoms with van der Waals surface area (Å²) < 4.78 is 0. The summed E-state index contributed by atoms with van der Waals surface area (Å²) in [5.41, 5.74) is 3.38. The maximum atomic E-state index is 4.33. The largest absolute Gasteiger partial charge is 0.368 e. The van der Waals surface area contributed by atoms with Gasteiger partial charge in [0.15, 0.2) is 0 Å². The second-order valence-electron chi connectivity index (χ2n) is 4.90. The quantitative estimate of drug-likeness (QED) is 0.750. The Kier molecular flexibility index (Phi) is 2.91. The Bertz CT molecular complexity index is 700. The monoisotopic (exact) mass is 252 g/mol. The number of hydrogen-bond acceptors (Lipinski definition) is 3. The highest BCUT2D eigenvalue weighted by atomic mass is 15.1. The molecule has 0 amide bonds. The standard InChI is InChI=1S/C15H16N4/c1-10(2)18-15-8-12(5-6-16-15)11-3-4-14-13(7-11)9-17-19-14/h3-10H,1-2H3,(H,16,18)(H,17,19). The number of hydrogen-bond donors (Lipinski definition) is 2. The molecule has 3 rings (SSSR count). The molecule has 0 fully saturated rings. The van der Waals surface area contributed by atoms with Gasteiger partial charge in [0.1, 0.15) is 5.82 Å². The minimum atomic E-state index is 0.374. The number of aromatic amines is 1. The first kappa shape index (κ1) is 11.7. The molecule has 0 radical (unpaired) electrons. The molecule has 2 N–H and O–H groups in total. The van der Waals surface area contributed by atoms with E-state index in [9.17, 15) is 0 Å². The molecule has 2 aromatic heterocycles. The summed E-state index contributed by atoms with van der Waals surface area (Å²) in [6, 6.07) is 10.7. The summed E-state index contributed by atoms with van der Waals surface area (Å²) in [5.74, 6) is 0.903. The SMILES string of the molecule is CC(C)Nc1cc(-c2ccc3[nH]ncc3c2)ccn1. The fourth-order valence-corrected chi connectivity index (χ4v) is 2.11. The van der Waals surface area contributed by atoms with Gasteiger partial charge in [-0.1, -0.05) is 6.07 Å². The lowest BCUT2D eigenvalue weighted by atomic mass is 10.1. The Morgan fingerprint density at radius 1 is 1.11 bits per heavy atom. The van der Waals surface area contributed by atoms with Gasteiger partial charge in [-0.25, -0.2) is 4.98 Å². The van der Waals surface area contributed by atoms with Gasteiger partial charge >= 0.3 is 0 Å².